The molecule has 0 saturated carbocycles. The van der Waals surface area contributed by atoms with Gasteiger partial charge in [-0.15, -0.1) is 0 Å². The number of nitrogens with zero attached hydrogens (tertiary/aromatic N) is 3. The lowest BCUT2D eigenvalue weighted by molar-refractivity contribution is -0.120. The van der Waals surface area contributed by atoms with Gasteiger partial charge in [-0.2, -0.15) is 0 Å². The topological polar surface area (TPSA) is 87.2 Å². The van der Waals surface area contributed by atoms with Gasteiger partial charge in [-0.1, -0.05) is 0 Å². The number of rotatable bonds is 4. The van der Waals surface area contributed by atoms with E-state index in [1.807, 2.05) is 0 Å². The highest BCUT2D eigenvalue weighted by molar-refractivity contribution is 5.96. The number of anilines is 2. The van der Waals surface area contributed by atoms with Crippen molar-refractivity contribution in [2.24, 2.45) is 5.92 Å². The van der Waals surface area contributed by atoms with E-state index in [0.29, 0.717) is 11.3 Å². The Morgan fingerprint density at radius 2 is 1.84 bits per heavy atom. The Bertz CT molecular complexity index is 725. The van der Waals surface area contributed by atoms with Gasteiger partial charge in [0.25, 0.3) is 5.91 Å². The molecule has 1 aromatic heterocycles. The summed E-state index contributed by atoms with van der Waals surface area (Å²) in [4.78, 5) is 34.5. The summed E-state index contributed by atoms with van der Waals surface area (Å²) in [5.74, 6) is 0.707. The van der Waals surface area contributed by atoms with Crippen LogP contribution in [0.4, 0.5) is 11.5 Å². The summed E-state index contributed by atoms with van der Waals surface area (Å²) >= 11 is 0. The Kier molecular flexibility index (Phi) is 5.23. The Morgan fingerprint density at radius 1 is 1.12 bits per heavy atom. The van der Waals surface area contributed by atoms with Crippen molar-refractivity contribution in [3.05, 3.63) is 48.4 Å². The zero-order valence-electron chi connectivity index (χ0n) is 14.1. The van der Waals surface area contributed by atoms with E-state index in [1.54, 1.807) is 49.9 Å². The molecule has 130 valence electrons. The van der Waals surface area contributed by atoms with Crippen molar-refractivity contribution < 1.29 is 9.59 Å². The summed E-state index contributed by atoms with van der Waals surface area (Å²) in [6, 6.07) is 6.89. The molecule has 2 aromatic rings. The Balaban J connectivity index is 1.53. The van der Waals surface area contributed by atoms with Gasteiger partial charge in [0.1, 0.15) is 5.82 Å². The van der Waals surface area contributed by atoms with Crippen molar-refractivity contribution in [2.75, 3.05) is 30.4 Å². The molecule has 7 nitrogen and oxygen atoms in total. The molecule has 1 saturated heterocycles. The minimum absolute atomic E-state index is 0.0199. The number of aromatic nitrogens is 2. The summed E-state index contributed by atoms with van der Waals surface area (Å²) in [6.45, 7) is 1.57. The molecule has 0 spiro atoms. The van der Waals surface area contributed by atoms with Crippen LogP contribution >= 0.6 is 0 Å². The van der Waals surface area contributed by atoms with Crippen molar-refractivity contribution in [2.45, 2.75) is 12.8 Å². The molecule has 1 aromatic carbocycles. The van der Waals surface area contributed by atoms with Gasteiger partial charge in [-0.25, -0.2) is 4.98 Å². The largest absolute Gasteiger partial charge is 0.355 e. The van der Waals surface area contributed by atoms with Gasteiger partial charge in [0.05, 0.1) is 6.20 Å². The predicted octanol–water partition coefficient (Wildman–Crippen LogP) is 1.69. The lowest BCUT2D eigenvalue weighted by atomic mass is 9.96. The lowest BCUT2D eigenvalue weighted by Gasteiger charge is -2.31. The summed E-state index contributed by atoms with van der Waals surface area (Å²) in [5, 5.41) is 5.50. The van der Waals surface area contributed by atoms with E-state index < -0.39 is 0 Å². The number of piperidine rings is 1. The second-order valence-electron chi connectivity index (χ2n) is 5.97. The van der Waals surface area contributed by atoms with Crippen LogP contribution in [0.3, 0.4) is 0 Å². The van der Waals surface area contributed by atoms with Crippen molar-refractivity contribution in [1.29, 1.82) is 0 Å². The second-order valence-corrected chi connectivity index (χ2v) is 5.97. The molecular formula is C18H21N5O2. The first-order valence-electron chi connectivity index (χ1n) is 8.31. The van der Waals surface area contributed by atoms with Crippen molar-refractivity contribution in [3.8, 4) is 0 Å². The SMILES string of the molecule is CNC(=O)c1ccc(NC(=O)C2CCN(c3cnccn3)CC2)cc1. The van der Waals surface area contributed by atoms with Crippen LogP contribution in [0.5, 0.6) is 0 Å². The van der Waals surface area contributed by atoms with Crippen molar-refractivity contribution in [1.82, 2.24) is 15.3 Å². The van der Waals surface area contributed by atoms with Gasteiger partial charge >= 0.3 is 0 Å². The molecule has 0 aliphatic carbocycles. The summed E-state index contributed by atoms with van der Waals surface area (Å²) in [7, 11) is 1.59. The Hall–Kier alpha value is -2.96. The molecule has 7 heteroatoms. The van der Waals surface area contributed by atoms with E-state index in [9.17, 15) is 9.59 Å². The zero-order chi connectivity index (χ0) is 17.6. The fourth-order valence-corrected chi connectivity index (χ4v) is 2.92. The zero-order valence-corrected chi connectivity index (χ0v) is 14.1. The smallest absolute Gasteiger partial charge is 0.251 e. The fraction of sp³-hybridized carbons (Fsp3) is 0.333. The number of nitrogens with one attached hydrogen (secondary N) is 2. The molecule has 0 bridgehead atoms. The maximum atomic E-state index is 12.4. The van der Waals surface area contributed by atoms with E-state index in [-0.39, 0.29) is 17.7 Å². The maximum Gasteiger partial charge on any atom is 0.251 e. The standard InChI is InChI=1S/C18H21N5O2/c1-19-17(24)13-2-4-15(5-3-13)22-18(25)14-6-10-23(11-7-14)16-12-20-8-9-21-16/h2-5,8-9,12,14H,6-7,10-11H2,1H3,(H,19,24)(H,22,25). The molecule has 0 atom stereocenters. The highest BCUT2D eigenvalue weighted by atomic mass is 16.2. The molecular weight excluding hydrogens is 318 g/mol. The molecule has 0 unspecified atom stereocenters. The minimum atomic E-state index is -0.144. The lowest BCUT2D eigenvalue weighted by Crippen LogP contribution is -2.38. The average molecular weight is 339 g/mol. The van der Waals surface area contributed by atoms with E-state index in [1.165, 1.54) is 0 Å². The van der Waals surface area contributed by atoms with Crippen LogP contribution in [0, 0.1) is 5.92 Å². The van der Waals surface area contributed by atoms with E-state index in [4.69, 9.17) is 0 Å². The number of carbonyl (C=O) groups is 2. The quantitative estimate of drug-likeness (QED) is 0.885. The number of benzene rings is 1. The molecule has 2 amide bonds. The number of carbonyl (C=O) groups excluding carboxylic acids is 2. The van der Waals surface area contributed by atoms with Gasteiger partial charge in [0.15, 0.2) is 0 Å². The second kappa shape index (κ2) is 7.74. The first kappa shape index (κ1) is 16.9. The van der Waals surface area contributed by atoms with Crippen LogP contribution in [0.25, 0.3) is 0 Å². The third-order valence-electron chi connectivity index (χ3n) is 4.38. The third kappa shape index (κ3) is 4.12. The highest BCUT2D eigenvalue weighted by Crippen LogP contribution is 2.22. The van der Waals surface area contributed by atoms with Crippen molar-refractivity contribution in [3.63, 3.8) is 0 Å². The van der Waals surface area contributed by atoms with Crippen LogP contribution < -0.4 is 15.5 Å². The summed E-state index contributed by atoms with van der Waals surface area (Å²) < 4.78 is 0. The average Bonchev–Trinajstić information content (AvgIpc) is 2.68. The van der Waals surface area contributed by atoms with Gasteiger partial charge in [0, 0.05) is 49.7 Å². The molecule has 1 aliphatic heterocycles. The molecule has 2 heterocycles. The molecule has 3 rings (SSSR count). The summed E-state index contributed by atoms with van der Waals surface area (Å²) in [6.07, 6.45) is 6.63. The summed E-state index contributed by atoms with van der Waals surface area (Å²) in [5.41, 5.74) is 1.27. The van der Waals surface area contributed by atoms with E-state index in [0.717, 1.165) is 31.7 Å². The minimum Gasteiger partial charge on any atom is -0.355 e. The third-order valence-corrected chi connectivity index (χ3v) is 4.38. The predicted molar refractivity (Wildman–Crippen MR) is 95.4 cm³/mol. The monoisotopic (exact) mass is 339 g/mol. The maximum absolute atomic E-state index is 12.4. The van der Waals surface area contributed by atoms with Crippen LogP contribution in [0.1, 0.15) is 23.2 Å². The Morgan fingerprint density at radius 3 is 2.44 bits per heavy atom. The molecule has 2 N–H and O–H groups in total. The van der Waals surface area contributed by atoms with Gasteiger partial charge in [0.2, 0.25) is 5.91 Å². The molecule has 25 heavy (non-hydrogen) atoms. The van der Waals surface area contributed by atoms with Gasteiger partial charge in [-0.05, 0) is 37.1 Å². The van der Waals surface area contributed by atoms with E-state index >= 15 is 0 Å². The molecule has 1 aliphatic rings. The van der Waals surface area contributed by atoms with Gasteiger partial charge in [-0.3, -0.25) is 14.6 Å². The van der Waals surface area contributed by atoms with Crippen LogP contribution in [-0.4, -0.2) is 41.9 Å². The van der Waals surface area contributed by atoms with E-state index in [2.05, 4.69) is 25.5 Å². The normalized spacial score (nSPS) is 14.8. The van der Waals surface area contributed by atoms with Gasteiger partial charge < -0.3 is 15.5 Å². The van der Waals surface area contributed by atoms with Crippen molar-refractivity contribution >= 4 is 23.3 Å². The number of amides is 2. The molecule has 0 radical (unpaired) electrons. The Labute approximate surface area is 146 Å². The number of hydrogen-bond donors (Lipinski definition) is 2. The molecule has 1 fully saturated rings. The van der Waals surface area contributed by atoms with Crippen LogP contribution in [-0.2, 0) is 4.79 Å². The fourth-order valence-electron chi connectivity index (χ4n) is 2.92. The van der Waals surface area contributed by atoms with Crippen LogP contribution in [0.15, 0.2) is 42.9 Å². The highest BCUT2D eigenvalue weighted by Gasteiger charge is 2.25. The first-order chi connectivity index (χ1) is 12.2. The van der Waals surface area contributed by atoms with Crippen LogP contribution in [0.2, 0.25) is 0 Å². The first-order valence-corrected chi connectivity index (χ1v) is 8.31. The number of hydrogen-bond acceptors (Lipinski definition) is 5.